The maximum absolute atomic E-state index is 12.2. The van der Waals surface area contributed by atoms with Gasteiger partial charge in [-0.3, -0.25) is 4.79 Å². The second-order valence-corrected chi connectivity index (χ2v) is 6.35. The fourth-order valence-electron chi connectivity index (χ4n) is 1.80. The van der Waals surface area contributed by atoms with Crippen LogP contribution in [0.3, 0.4) is 0 Å². The first-order valence-corrected chi connectivity index (χ1v) is 8.78. The summed E-state index contributed by atoms with van der Waals surface area (Å²) in [6.45, 7) is 8.44. The van der Waals surface area contributed by atoms with Gasteiger partial charge in [-0.25, -0.2) is 8.42 Å². The molecule has 5 nitrogen and oxygen atoms in total. The van der Waals surface area contributed by atoms with Gasteiger partial charge in [-0.15, -0.1) is 0 Å². The molecule has 0 amide bonds. The van der Waals surface area contributed by atoms with Crippen molar-refractivity contribution >= 4 is 29.9 Å². The minimum absolute atomic E-state index is 0. The summed E-state index contributed by atoms with van der Waals surface area (Å²) >= 11 is 0. The molecule has 1 unspecified atom stereocenters. The van der Waals surface area contributed by atoms with Crippen LogP contribution >= 0.6 is 0 Å². The van der Waals surface area contributed by atoms with Gasteiger partial charge in [0.1, 0.15) is 0 Å². The zero-order chi connectivity index (χ0) is 16.5. The van der Waals surface area contributed by atoms with Crippen LogP contribution < -0.4 is 5.32 Å². The Morgan fingerprint density at radius 1 is 1.17 bits per heavy atom. The molecule has 0 bridgehead atoms. The maximum Gasteiger partial charge on any atom is 0.322 e. The van der Waals surface area contributed by atoms with Crippen LogP contribution in [-0.4, -0.2) is 39.7 Å². The Labute approximate surface area is 143 Å². The van der Waals surface area contributed by atoms with Crippen LogP contribution in [0.4, 0.5) is 5.69 Å². The second kappa shape index (κ2) is 13.0. The summed E-state index contributed by atoms with van der Waals surface area (Å²) in [6, 6.07) is 6.17. The third-order valence-corrected chi connectivity index (χ3v) is 4.88. The van der Waals surface area contributed by atoms with Crippen molar-refractivity contribution in [2.75, 3.05) is 11.9 Å². The molecule has 131 valence electrons. The first-order valence-electron chi connectivity index (χ1n) is 7.24. The number of aliphatic carboxylic acids is 1. The highest BCUT2D eigenvalue weighted by molar-refractivity contribution is 7.92. The molecule has 7 heteroatoms. The van der Waals surface area contributed by atoms with Gasteiger partial charge in [0.05, 0.1) is 4.90 Å². The van der Waals surface area contributed by atoms with Gasteiger partial charge in [-0.1, -0.05) is 34.6 Å². The molecule has 0 spiro atoms. The average molecular weight is 342 g/mol. The molecule has 1 atom stereocenters. The van der Waals surface area contributed by atoms with E-state index in [0.29, 0.717) is 6.42 Å². The first-order chi connectivity index (χ1) is 9.93. The van der Waals surface area contributed by atoms with Crippen LogP contribution in [0.15, 0.2) is 29.2 Å². The Hall–Kier alpha value is -1.50. The van der Waals surface area contributed by atoms with E-state index in [4.69, 9.17) is 5.11 Å². The average Bonchev–Trinajstić information content (AvgIpc) is 2.47. The molecule has 0 aliphatic carbocycles. The molecule has 3 radical (unpaired) electrons. The topological polar surface area (TPSA) is 83.5 Å². The number of hydrogen-bond donors (Lipinski definition) is 2. The van der Waals surface area contributed by atoms with Gasteiger partial charge in [-0.05, 0) is 37.6 Å². The van der Waals surface area contributed by atoms with Crippen molar-refractivity contribution in [1.29, 1.82) is 0 Å². The molecule has 0 fully saturated rings. The van der Waals surface area contributed by atoms with E-state index in [2.05, 4.69) is 5.32 Å². The summed E-state index contributed by atoms with van der Waals surface area (Å²) in [5, 5.41) is 10.7. The fourth-order valence-corrected chi connectivity index (χ4v) is 3.46. The van der Waals surface area contributed by atoms with Gasteiger partial charge in [0.25, 0.3) is 0 Å². The summed E-state index contributed by atoms with van der Waals surface area (Å²) < 4.78 is 24.5. The summed E-state index contributed by atoms with van der Waals surface area (Å²) in [7, 11) is -3.82. The Bertz CT molecular complexity index is 530. The van der Waals surface area contributed by atoms with Gasteiger partial charge < -0.3 is 10.4 Å². The Kier molecular flexibility index (Phi) is 14.9. The first kappa shape index (κ1) is 26.4. The van der Waals surface area contributed by atoms with Crippen LogP contribution in [0.1, 0.15) is 48.0 Å². The number of rotatable bonds is 7. The standard InChI is InChI=1S/C13H19NO4S.C2H6.CH4.B/c1-3-5-12(13(15)16)19(17,18)11-8-6-10(7-9-11)14-4-2;1-2;;/h6-9,12,14H,3-5H2,1-2H3,(H,15,16);1-2H3;1H4;. The lowest BCUT2D eigenvalue weighted by molar-refractivity contribution is -0.136. The van der Waals surface area contributed by atoms with Crippen molar-refractivity contribution in [3.8, 4) is 0 Å². The van der Waals surface area contributed by atoms with Gasteiger partial charge in [0.15, 0.2) is 15.1 Å². The molecule has 2 N–H and O–H groups in total. The highest BCUT2D eigenvalue weighted by Crippen LogP contribution is 2.21. The van der Waals surface area contributed by atoms with Crippen LogP contribution in [0, 0.1) is 0 Å². The largest absolute Gasteiger partial charge is 0.480 e. The Morgan fingerprint density at radius 3 is 2.00 bits per heavy atom. The van der Waals surface area contributed by atoms with E-state index in [1.54, 1.807) is 19.1 Å². The molecular formula is C16H29BNO4S. The molecule has 0 aromatic heterocycles. The predicted molar refractivity (Wildman–Crippen MR) is 98.0 cm³/mol. The fraction of sp³-hybridized carbons (Fsp3) is 0.562. The summed E-state index contributed by atoms with van der Waals surface area (Å²) in [6.07, 6.45) is 0.623. The third-order valence-electron chi connectivity index (χ3n) is 2.76. The third kappa shape index (κ3) is 7.55. The summed E-state index contributed by atoms with van der Waals surface area (Å²) in [5.74, 6) is -1.29. The smallest absolute Gasteiger partial charge is 0.322 e. The molecule has 0 aliphatic rings. The van der Waals surface area contributed by atoms with Crippen molar-refractivity contribution in [2.45, 2.75) is 58.1 Å². The molecule has 0 aliphatic heterocycles. The van der Waals surface area contributed by atoms with E-state index in [9.17, 15) is 13.2 Å². The molecule has 0 heterocycles. The number of carbonyl (C=O) groups is 1. The number of anilines is 1. The van der Waals surface area contributed by atoms with Crippen LogP contribution in [-0.2, 0) is 14.6 Å². The van der Waals surface area contributed by atoms with E-state index in [-0.39, 0.29) is 27.2 Å². The molecule has 1 aromatic rings. The van der Waals surface area contributed by atoms with Gasteiger partial charge in [0, 0.05) is 20.6 Å². The minimum Gasteiger partial charge on any atom is -0.480 e. The van der Waals surface area contributed by atoms with Crippen molar-refractivity contribution in [3.05, 3.63) is 24.3 Å². The molecule has 0 saturated heterocycles. The van der Waals surface area contributed by atoms with Crippen molar-refractivity contribution < 1.29 is 18.3 Å². The zero-order valence-electron chi connectivity index (χ0n) is 13.7. The van der Waals surface area contributed by atoms with E-state index in [1.807, 2.05) is 20.8 Å². The molecule has 1 rings (SSSR count). The number of nitrogens with one attached hydrogen (secondary N) is 1. The predicted octanol–water partition coefficient (Wildman–Crippen LogP) is 3.43. The monoisotopic (exact) mass is 342 g/mol. The van der Waals surface area contributed by atoms with Crippen molar-refractivity contribution in [3.63, 3.8) is 0 Å². The van der Waals surface area contributed by atoms with E-state index in [1.165, 1.54) is 12.1 Å². The van der Waals surface area contributed by atoms with Crippen molar-refractivity contribution in [2.24, 2.45) is 0 Å². The number of hydrogen-bond acceptors (Lipinski definition) is 4. The van der Waals surface area contributed by atoms with Crippen molar-refractivity contribution in [1.82, 2.24) is 0 Å². The maximum atomic E-state index is 12.2. The van der Waals surface area contributed by atoms with E-state index < -0.39 is 21.1 Å². The lowest BCUT2D eigenvalue weighted by Gasteiger charge is -2.13. The lowest BCUT2D eigenvalue weighted by Crippen LogP contribution is -2.30. The number of sulfone groups is 1. The normalized spacial score (nSPS) is 11.0. The van der Waals surface area contributed by atoms with Gasteiger partial charge >= 0.3 is 5.97 Å². The molecule has 1 aromatic carbocycles. The summed E-state index contributed by atoms with van der Waals surface area (Å²) in [4.78, 5) is 11.1. The van der Waals surface area contributed by atoms with Crippen LogP contribution in [0.25, 0.3) is 0 Å². The molecular weight excluding hydrogens is 313 g/mol. The highest BCUT2D eigenvalue weighted by atomic mass is 32.2. The minimum atomic E-state index is -3.82. The molecule has 0 saturated carbocycles. The Morgan fingerprint density at radius 2 is 1.65 bits per heavy atom. The number of carboxylic acids is 1. The van der Waals surface area contributed by atoms with Gasteiger partial charge in [0.2, 0.25) is 0 Å². The second-order valence-electron chi connectivity index (χ2n) is 4.22. The Balaban J connectivity index is -0.000000960. The highest BCUT2D eigenvalue weighted by Gasteiger charge is 2.32. The van der Waals surface area contributed by atoms with E-state index in [0.717, 1.165) is 12.2 Å². The van der Waals surface area contributed by atoms with E-state index >= 15 is 0 Å². The van der Waals surface area contributed by atoms with Gasteiger partial charge in [-0.2, -0.15) is 0 Å². The summed E-state index contributed by atoms with van der Waals surface area (Å²) in [5.41, 5.74) is 0.809. The number of carboxylic acid groups (broad SMARTS) is 1. The number of benzene rings is 1. The van der Waals surface area contributed by atoms with Crippen LogP contribution in [0.2, 0.25) is 0 Å². The quantitative estimate of drug-likeness (QED) is 0.742. The SMILES string of the molecule is C.CC.CCCC(C(=O)O)S(=O)(=O)c1ccc(NCC)cc1.[B]. The zero-order valence-corrected chi connectivity index (χ0v) is 14.5. The van der Waals surface area contributed by atoms with Crippen LogP contribution in [0.5, 0.6) is 0 Å². The molecule has 23 heavy (non-hydrogen) atoms. The lowest BCUT2D eigenvalue weighted by atomic mass is 10.2.